The van der Waals surface area contributed by atoms with Crippen molar-refractivity contribution in [2.45, 2.75) is 6.54 Å². The first-order valence-corrected chi connectivity index (χ1v) is 9.54. The van der Waals surface area contributed by atoms with Crippen LogP contribution in [0.2, 0.25) is 5.02 Å². The molecule has 4 aromatic rings. The first-order valence-electron chi connectivity index (χ1n) is 8.28. The van der Waals surface area contributed by atoms with Gasteiger partial charge in [0.1, 0.15) is 5.75 Å². The van der Waals surface area contributed by atoms with Gasteiger partial charge in [-0.3, -0.25) is 9.20 Å². The average molecular weight is 398 g/mol. The maximum Gasteiger partial charge on any atom is 0.272 e. The number of aromatic nitrogens is 2. The van der Waals surface area contributed by atoms with E-state index in [0.717, 1.165) is 27.5 Å². The quantitative estimate of drug-likeness (QED) is 0.533. The average Bonchev–Trinajstić information content (AvgIpc) is 3.28. The van der Waals surface area contributed by atoms with E-state index in [0.29, 0.717) is 17.3 Å². The van der Waals surface area contributed by atoms with Gasteiger partial charge in [-0.05, 0) is 29.8 Å². The molecular weight excluding hydrogens is 382 g/mol. The topological polar surface area (TPSA) is 55.6 Å². The van der Waals surface area contributed by atoms with Gasteiger partial charge in [0.2, 0.25) is 0 Å². The van der Waals surface area contributed by atoms with E-state index in [9.17, 15) is 4.79 Å². The maximum absolute atomic E-state index is 12.9. The van der Waals surface area contributed by atoms with E-state index in [1.807, 2.05) is 52.4 Å². The molecule has 1 N–H and O–H groups in total. The number of imidazole rings is 1. The molecule has 2 heterocycles. The summed E-state index contributed by atoms with van der Waals surface area (Å²) < 4.78 is 7.25. The van der Waals surface area contributed by atoms with Gasteiger partial charge in [-0.25, -0.2) is 4.98 Å². The number of fused-ring (bicyclic) bond motifs is 1. The van der Waals surface area contributed by atoms with Crippen molar-refractivity contribution in [3.8, 4) is 17.0 Å². The Morgan fingerprint density at radius 2 is 2.07 bits per heavy atom. The van der Waals surface area contributed by atoms with Crippen LogP contribution >= 0.6 is 22.9 Å². The number of hydrogen-bond acceptors (Lipinski definition) is 4. The molecule has 0 unspecified atom stereocenters. The molecule has 5 nitrogen and oxygen atoms in total. The predicted molar refractivity (Wildman–Crippen MR) is 108 cm³/mol. The Bertz CT molecular complexity index is 1100. The number of nitrogens with one attached hydrogen (secondary N) is 1. The van der Waals surface area contributed by atoms with Gasteiger partial charge in [0.15, 0.2) is 10.7 Å². The van der Waals surface area contributed by atoms with Crippen molar-refractivity contribution in [2.24, 2.45) is 0 Å². The second-order valence-electron chi connectivity index (χ2n) is 5.91. The number of halogens is 1. The Morgan fingerprint density at radius 3 is 2.85 bits per heavy atom. The zero-order chi connectivity index (χ0) is 18.8. The van der Waals surface area contributed by atoms with Gasteiger partial charge in [-0.15, -0.1) is 11.3 Å². The molecule has 0 spiro atoms. The molecule has 7 heteroatoms. The standard InChI is InChI=1S/C20H16ClN3O2S/c1-26-16-4-2-3-14(11-16)18-17(23-20-24(18)9-10-27-20)19(25)22-12-13-5-7-15(21)8-6-13/h2-11H,12H2,1H3,(H,22,25). The van der Waals surface area contributed by atoms with Gasteiger partial charge in [0.05, 0.1) is 12.8 Å². The van der Waals surface area contributed by atoms with Crippen LogP contribution in [0.15, 0.2) is 60.1 Å². The second kappa shape index (κ2) is 7.42. The molecule has 0 aliphatic heterocycles. The number of carbonyl (C=O) groups is 1. The largest absolute Gasteiger partial charge is 0.497 e. The highest BCUT2D eigenvalue weighted by atomic mass is 35.5. The van der Waals surface area contributed by atoms with Gasteiger partial charge in [0, 0.05) is 28.7 Å². The van der Waals surface area contributed by atoms with Crippen molar-refractivity contribution in [3.63, 3.8) is 0 Å². The fourth-order valence-corrected chi connectivity index (χ4v) is 3.70. The van der Waals surface area contributed by atoms with Crippen LogP contribution in [-0.4, -0.2) is 22.4 Å². The lowest BCUT2D eigenvalue weighted by molar-refractivity contribution is 0.0947. The molecule has 0 bridgehead atoms. The van der Waals surface area contributed by atoms with Crippen LogP contribution in [0.4, 0.5) is 0 Å². The van der Waals surface area contributed by atoms with Crippen molar-refractivity contribution in [2.75, 3.05) is 7.11 Å². The van der Waals surface area contributed by atoms with E-state index >= 15 is 0 Å². The van der Waals surface area contributed by atoms with E-state index in [-0.39, 0.29) is 5.91 Å². The molecule has 0 atom stereocenters. The normalized spacial score (nSPS) is 10.9. The summed E-state index contributed by atoms with van der Waals surface area (Å²) in [5, 5.41) is 5.55. The summed E-state index contributed by atoms with van der Waals surface area (Å²) in [5.74, 6) is 0.504. The van der Waals surface area contributed by atoms with Crippen LogP contribution in [0, 0.1) is 0 Å². The van der Waals surface area contributed by atoms with Crippen molar-refractivity contribution < 1.29 is 9.53 Å². The lowest BCUT2D eigenvalue weighted by atomic mass is 10.1. The van der Waals surface area contributed by atoms with Gasteiger partial charge in [-0.2, -0.15) is 0 Å². The lowest BCUT2D eigenvalue weighted by Gasteiger charge is -2.08. The molecule has 0 fully saturated rings. The third kappa shape index (κ3) is 3.54. The number of hydrogen-bond donors (Lipinski definition) is 1. The molecule has 0 saturated heterocycles. The second-order valence-corrected chi connectivity index (χ2v) is 7.22. The number of nitrogens with zero attached hydrogens (tertiary/aromatic N) is 2. The van der Waals surface area contributed by atoms with E-state index in [2.05, 4.69) is 10.3 Å². The highest BCUT2D eigenvalue weighted by Gasteiger charge is 2.21. The summed E-state index contributed by atoms with van der Waals surface area (Å²) in [6.45, 7) is 0.402. The molecule has 0 saturated carbocycles. The minimum absolute atomic E-state index is 0.223. The number of carbonyl (C=O) groups excluding carboxylic acids is 1. The van der Waals surface area contributed by atoms with Crippen molar-refractivity contribution in [1.82, 2.24) is 14.7 Å². The van der Waals surface area contributed by atoms with Gasteiger partial charge in [-0.1, -0.05) is 35.9 Å². The van der Waals surface area contributed by atoms with Crippen LogP contribution in [0.25, 0.3) is 16.2 Å². The number of ether oxygens (including phenoxy) is 1. The molecule has 27 heavy (non-hydrogen) atoms. The summed E-state index contributed by atoms with van der Waals surface area (Å²) in [7, 11) is 1.62. The van der Waals surface area contributed by atoms with Gasteiger partial charge in [0.25, 0.3) is 5.91 Å². The Balaban J connectivity index is 1.67. The van der Waals surface area contributed by atoms with E-state index in [1.54, 1.807) is 19.2 Å². The van der Waals surface area contributed by atoms with Crippen LogP contribution in [0.5, 0.6) is 5.75 Å². The first kappa shape index (κ1) is 17.6. The molecule has 0 aliphatic carbocycles. The van der Waals surface area contributed by atoms with Crippen LogP contribution in [-0.2, 0) is 6.54 Å². The first-order chi connectivity index (χ1) is 13.2. The van der Waals surface area contributed by atoms with E-state index in [4.69, 9.17) is 16.3 Å². The smallest absolute Gasteiger partial charge is 0.272 e. The van der Waals surface area contributed by atoms with Crippen molar-refractivity contribution in [3.05, 3.63) is 76.4 Å². The predicted octanol–water partition coefficient (Wildman–Crippen LogP) is 4.65. The Labute approximate surface area is 165 Å². The Kier molecular flexibility index (Phi) is 4.83. The van der Waals surface area contributed by atoms with Crippen molar-refractivity contribution >= 4 is 33.8 Å². The van der Waals surface area contributed by atoms with Gasteiger partial charge >= 0.3 is 0 Å². The number of methoxy groups -OCH3 is 1. The fraction of sp³-hybridized carbons (Fsp3) is 0.100. The molecule has 2 aromatic carbocycles. The number of amides is 1. The van der Waals surface area contributed by atoms with Crippen molar-refractivity contribution in [1.29, 1.82) is 0 Å². The van der Waals surface area contributed by atoms with Crippen LogP contribution in [0.1, 0.15) is 16.1 Å². The highest BCUT2D eigenvalue weighted by molar-refractivity contribution is 7.15. The summed E-state index contributed by atoms with van der Waals surface area (Å²) >= 11 is 7.39. The number of rotatable bonds is 5. The Hall–Kier alpha value is -2.83. The summed E-state index contributed by atoms with van der Waals surface area (Å²) in [5.41, 5.74) is 2.98. The molecule has 4 rings (SSSR count). The third-order valence-corrected chi connectivity index (χ3v) is 5.20. The van der Waals surface area contributed by atoms with Crippen LogP contribution < -0.4 is 10.1 Å². The molecule has 2 aromatic heterocycles. The number of benzene rings is 2. The molecule has 1 amide bonds. The zero-order valence-corrected chi connectivity index (χ0v) is 16.1. The minimum atomic E-state index is -0.223. The fourth-order valence-electron chi connectivity index (χ4n) is 2.86. The SMILES string of the molecule is COc1cccc(-c2c(C(=O)NCc3ccc(Cl)cc3)nc3sccn23)c1. The molecule has 0 radical (unpaired) electrons. The summed E-state index contributed by atoms with van der Waals surface area (Å²) in [6.07, 6.45) is 1.91. The monoisotopic (exact) mass is 397 g/mol. The lowest BCUT2D eigenvalue weighted by Crippen LogP contribution is -2.23. The minimum Gasteiger partial charge on any atom is -0.497 e. The summed E-state index contributed by atoms with van der Waals surface area (Å²) in [6, 6.07) is 15.0. The highest BCUT2D eigenvalue weighted by Crippen LogP contribution is 2.30. The van der Waals surface area contributed by atoms with Crippen LogP contribution in [0.3, 0.4) is 0 Å². The summed E-state index contributed by atoms with van der Waals surface area (Å²) in [4.78, 5) is 18.2. The molecule has 0 aliphatic rings. The zero-order valence-electron chi connectivity index (χ0n) is 14.5. The maximum atomic E-state index is 12.9. The number of thiazole rings is 1. The van der Waals surface area contributed by atoms with E-state index in [1.165, 1.54) is 11.3 Å². The van der Waals surface area contributed by atoms with E-state index < -0.39 is 0 Å². The Morgan fingerprint density at radius 1 is 1.26 bits per heavy atom. The van der Waals surface area contributed by atoms with Gasteiger partial charge < -0.3 is 10.1 Å². The molecule has 136 valence electrons. The third-order valence-electron chi connectivity index (χ3n) is 4.19. The molecular formula is C20H16ClN3O2S.